The summed E-state index contributed by atoms with van der Waals surface area (Å²) < 4.78 is 83.7. The highest BCUT2D eigenvalue weighted by Gasteiger charge is 2.45. The molecule has 3 heterocycles. The van der Waals surface area contributed by atoms with Crippen molar-refractivity contribution in [3.8, 4) is 11.1 Å². The smallest absolute Gasteiger partial charge is 0.416 e. The molecule has 0 radical (unpaired) electrons. The Morgan fingerprint density at radius 2 is 1.58 bits per heavy atom. The van der Waals surface area contributed by atoms with E-state index in [0.29, 0.717) is 55.4 Å². The van der Waals surface area contributed by atoms with Crippen LogP contribution in [0.3, 0.4) is 0 Å². The zero-order valence-electron chi connectivity index (χ0n) is 24.5. The van der Waals surface area contributed by atoms with Gasteiger partial charge in [0.15, 0.2) is 0 Å². The maximum Gasteiger partial charge on any atom is 0.416 e. The molecule has 5 rings (SSSR count). The summed E-state index contributed by atoms with van der Waals surface area (Å²) in [5, 5.41) is 13.8. The summed E-state index contributed by atoms with van der Waals surface area (Å²) in [6.45, 7) is 1.55. The molecule has 0 spiro atoms. The fourth-order valence-corrected chi connectivity index (χ4v) is 6.40. The first-order valence-corrected chi connectivity index (χ1v) is 14.5. The maximum atomic E-state index is 13.7. The topological polar surface area (TPSA) is 104 Å². The predicted molar refractivity (Wildman–Crippen MR) is 150 cm³/mol. The molecule has 0 bridgehead atoms. The third kappa shape index (κ3) is 6.91. The minimum Gasteiger partial charge on any atom is -0.481 e. The number of amides is 1. The maximum absolute atomic E-state index is 13.7. The fourth-order valence-electron chi connectivity index (χ4n) is 6.40. The van der Waals surface area contributed by atoms with Crippen LogP contribution < -0.4 is 4.90 Å². The van der Waals surface area contributed by atoms with Crippen molar-refractivity contribution in [3.05, 3.63) is 59.7 Å². The molecule has 1 amide bonds. The van der Waals surface area contributed by atoms with Gasteiger partial charge in [-0.15, -0.1) is 0 Å². The lowest BCUT2D eigenvalue weighted by Gasteiger charge is -2.30. The second-order valence-corrected chi connectivity index (χ2v) is 11.6. The van der Waals surface area contributed by atoms with Crippen molar-refractivity contribution < 1.29 is 41.0 Å². The van der Waals surface area contributed by atoms with Gasteiger partial charge in [0, 0.05) is 55.9 Å². The average Bonchev–Trinajstić information content (AvgIpc) is 3.74. The van der Waals surface area contributed by atoms with Crippen LogP contribution >= 0.6 is 0 Å². The molecule has 2 fully saturated rings. The molecule has 45 heavy (non-hydrogen) atoms. The monoisotopic (exact) mass is 638 g/mol. The molecule has 9 nitrogen and oxygen atoms in total. The highest BCUT2D eigenvalue weighted by Crippen LogP contribution is 2.39. The molecule has 3 aromatic rings. The van der Waals surface area contributed by atoms with Crippen molar-refractivity contribution in [1.82, 2.24) is 24.6 Å². The zero-order valence-corrected chi connectivity index (χ0v) is 24.5. The minimum absolute atomic E-state index is 0.0621. The van der Waals surface area contributed by atoms with E-state index in [1.807, 2.05) is 6.92 Å². The van der Waals surface area contributed by atoms with E-state index < -0.39 is 53.9 Å². The van der Waals surface area contributed by atoms with E-state index in [2.05, 4.69) is 15.1 Å². The average molecular weight is 639 g/mol. The number of carbonyl (C=O) groups excluding carboxylic acids is 1. The molecule has 4 atom stereocenters. The lowest BCUT2D eigenvalue weighted by molar-refractivity contribution is -0.149. The van der Waals surface area contributed by atoms with E-state index in [0.717, 1.165) is 0 Å². The number of carbonyl (C=O) groups is 2. The number of hydrogen-bond donors (Lipinski definition) is 1. The summed E-state index contributed by atoms with van der Waals surface area (Å²) in [5.74, 6) is -2.79. The van der Waals surface area contributed by atoms with Gasteiger partial charge in [-0.1, -0.05) is 13.3 Å². The number of hydrogen-bond acceptors (Lipinski definition) is 6. The Morgan fingerprint density at radius 3 is 2.11 bits per heavy atom. The molecule has 15 heteroatoms. The van der Waals surface area contributed by atoms with E-state index in [-0.39, 0.29) is 36.1 Å². The number of halogens is 6. The van der Waals surface area contributed by atoms with E-state index in [9.17, 15) is 41.0 Å². The molecule has 1 saturated heterocycles. The predicted octanol–water partition coefficient (Wildman–Crippen LogP) is 5.80. The van der Waals surface area contributed by atoms with Gasteiger partial charge in [0.05, 0.1) is 35.2 Å². The van der Waals surface area contributed by atoms with Gasteiger partial charge in [0.25, 0.3) is 0 Å². The Bertz CT molecular complexity index is 1510. The molecule has 1 unspecified atom stereocenters. The first-order valence-electron chi connectivity index (χ1n) is 14.5. The summed E-state index contributed by atoms with van der Waals surface area (Å²) >= 11 is 0. The second-order valence-electron chi connectivity index (χ2n) is 11.6. The summed E-state index contributed by atoms with van der Waals surface area (Å²) in [4.78, 5) is 37.5. The van der Waals surface area contributed by atoms with Crippen LogP contribution in [0, 0.1) is 11.8 Å². The lowest BCUT2D eigenvalue weighted by atomic mass is 9.94. The first-order chi connectivity index (χ1) is 21.2. The van der Waals surface area contributed by atoms with Crippen LogP contribution in [0.2, 0.25) is 0 Å². The second kappa shape index (κ2) is 12.3. The third-order valence-corrected chi connectivity index (χ3v) is 8.67. The number of likely N-dealkylation sites (tertiary alicyclic amines) is 1. The number of rotatable bonds is 8. The Balaban J connectivity index is 1.51. The number of carboxylic acid groups (broad SMARTS) is 1. The molecule has 2 aromatic heterocycles. The van der Waals surface area contributed by atoms with E-state index in [1.165, 1.54) is 17.3 Å². The van der Waals surface area contributed by atoms with Gasteiger partial charge < -0.3 is 14.9 Å². The number of carboxylic acids is 1. The molecular formula is C30H32F6N6O3. The summed E-state index contributed by atoms with van der Waals surface area (Å²) in [7, 11) is 1.73. The Morgan fingerprint density at radius 1 is 0.956 bits per heavy atom. The summed E-state index contributed by atoms with van der Waals surface area (Å²) in [6.07, 6.45) is -1.45. The van der Waals surface area contributed by atoms with E-state index in [1.54, 1.807) is 29.0 Å². The van der Waals surface area contributed by atoms with Crippen molar-refractivity contribution in [2.24, 2.45) is 18.9 Å². The van der Waals surface area contributed by atoms with Crippen LogP contribution in [0.5, 0.6) is 0 Å². The van der Waals surface area contributed by atoms with E-state index >= 15 is 0 Å². The number of aromatic nitrogens is 4. The number of aliphatic carboxylic acids is 1. The van der Waals surface area contributed by atoms with Crippen molar-refractivity contribution in [2.75, 3.05) is 11.4 Å². The SMILES string of the molecule is CC[C@@H]1C[C@H](N(Cc2cc(C(F)(F)F)cc(C(F)(F)F)c2)c2ncc(-c3cnn(C)c3)cn2)CN1C(=O)C1CCC[C@H]1C(=O)O. The van der Waals surface area contributed by atoms with Gasteiger partial charge in [0.1, 0.15) is 0 Å². The van der Waals surface area contributed by atoms with Crippen LogP contribution in [-0.4, -0.2) is 60.3 Å². The first kappa shape index (κ1) is 32.2. The van der Waals surface area contributed by atoms with Crippen LogP contribution in [-0.2, 0) is 35.5 Å². The van der Waals surface area contributed by atoms with Crippen LogP contribution in [0.15, 0.2) is 43.0 Å². The molecule has 1 N–H and O–H groups in total. The lowest BCUT2D eigenvalue weighted by Crippen LogP contribution is -2.44. The molecule has 242 valence electrons. The molecule has 1 aliphatic heterocycles. The molecule has 1 saturated carbocycles. The molecule has 1 aliphatic carbocycles. The van der Waals surface area contributed by atoms with Crippen molar-refractivity contribution in [3.63, 3.8) is 0 Å². The van der Waals surface area contributed by atoms with Crippen LogP contribution in [0.25, 0.3) is 11.1 Å². The minimum atomic E-state index is -5.02. The largest absolute Gasteiger partial charge is 0.481 e. The molecular weight excluding hydrogens is 606 g/mol. The fraction of sp³-hybridized carbons (Fsp3) is 0.500. The summed E-state index contributed by atoms with van der Waals surface area (Å²) in [6, 6.07) is 0.546. The zero-order chi connectivity index (χ0) is 32.7. The third-order valence-electron chi connectivity index (χ3n) is 8.67. The van der Waals surface area contributed by atoms with Crippen molar-refractivity contribution in [1.29, 1.82) is 0 Å². The molecule has 1 aromatic carbocycles. The number of benzene rings is 1. The Hall–Kier alpha value is -4.17. The van der Waals surface area contributed by atoms with Crippen LogP contribution in [0.1, 0.15) is 55.7 Å². The van der Waals surface area contributed by atoms with Crippen LogP contribution in [0.4, 0.5) is 32.3 Å². The summed E-state index contributed by atoms with van der Waals surface area (Å²) in [5.41, 5.74) is -1.82. The van der Waals surface area contributed by atoms with E-state index in [4.69, 9.17) is 0 Å². The highest BCUT2D eigenvalue weighted by molar-refractivity contribution is 5.86. The number of alkyl halides is 6. The van der Waals surface area contributed by atoms with Gasteiger partial charge in [0.2, 0.25) is 11.9 Å². The van der Waals surface area contributed by atoms with Crippen molar-refractivity contribution >= 4 is 17.8 Å². The highest BCUT2D eigenvalue weighted by atomic mass is 19.4. The molecule has 2 aliphatic rings. The van der Waals surface area contributed by atoms with Gasteiger partial charge in [-0.2, -0.15) is 31.4 Å². The van der Waals surface area contributed by atoms with Gasteiger partial charge >= 0.3 is 18.3 Å². The van der Waals surface area contributed by atoms with Gasteiger partial charge in [-0.05, 0) is 49.4 Å². The standard InChI is InChI=1S/C30H32F6N6O3/c1-3-22-10-23(16-41(22)26(43)24-5-4-6-25(24)27(44)45)42(28-37-11-18(12-38-28)19-13-39-40(2)15-19)14-17-7-20(29(31,32)33)9-21(8-17)30(34,35)36/h7-9,11-13,15,22-25H,3-6,10,14,16H2,1-2H3,(H,44,45)/t22-,23+,24?,25-/m1/s1. The number of anilines is 1. The van der Waals surface area contributed by atoms with Gasteiger partial charge in [-0.25, -0.2) is 9.97 Å². The van der Waals surface area contributed by atoms with Crippen molar-refractivity contribution in [2.45, 2.75) is 70.0 Å². The number of nitrogens with zero attached hydrogens (tertiary/aromatic N) is 6. The normalized spacial score (nSPS) is 22.2. The Labute approximate surface area is 254 Å². The Kier molecular flexibility index (Phi) is 8.82. The number of aryl methyl sites for hydroxylation is 1. The quantitative estimate of drug-likeness (QED) is 0.311. The van der Waals surface area contributed by atoms with Gasteiger partial charge in [-0.3, -0.25) is 14.3 Å².